The molecule has 0 aliphatic rings. The topological polar surface area (TPSA) is 44.5 Å². The van der Waals surface area contributed by atoms with E-state index in [2.05, 4.69) is 22.0 Å². The lowest BCUT2D eigenvalue weighted by atomic mass is 10.1. The molecule has 0 heterocycles. The Hall–Kier alpha value is -1.52. The molecule has 0 aromatic heterocycles. The molecule has 1 unspecified atom stereocenters. The number of hydrogen-bond donors (Lipinski definition) is 1. The molecule has 21 heavy (non-hydrogen) atoms. The first-order valence-electron chi connectivity index (χ1n) is 6.89. The standard InChI is InChI=1S/C17H20BrNO2/c1-12(19)9-13-5-3-4-6-17(13)21-11-14-10-15(18)7-8-16(14)20-2/h3-8,10,12H,9,11,19H2,1-2H3. The lowest BCUT2D eigenvalue weighted by molar-refractivity contribution is 0.293. The summed E-state index contributed by atoms with van der Waals surface area (Å²) in [5.74, 6) is 1.69. The second kappa shape index (κ2) is 7.48. The van der Waals surface area contributed by atoms with Crippen molar-refractivity contribution in [3.05, 3.63) is 58.1 Å². The van der Waals surface area contributed by atoms with Crippen molar-refractivity contribution in [1.82, 2.24) is 0 Å². The Bertz CT molecular complexity index is 599. The first kappa shape index (κ1) is 15.9. The average Bonchev–Trinajstić information content (AvgIpc) is 2.46. The lowest BCUT2D eigenvalue weighted by Crippen LogP contribution is -2.18. The van der Waals surface area contributed by atoms with Gasteiger partial charge < -0.3 is 15.2 Å². The fourth-order valence-electron chi connectivity index (χ4n) is 2.18. The van der Waals surface area contributed by atoms with Gasteiger partial charge in [-0.2, -0.15) is 0 Å². The maximum Gasteiger partial charge on any atom is 0.125 e. The van der Waals surface area contributed by atoms with Gasteiger partial charge in [-0.1, -0.05) is 34.1 Å². The monoisotopic (exact) mass is 349 g/mol. The molecule has 0 spiro atoms. The van der Waals surface area contributed by atoms with Crippen molar-refractivity contribution in [3.8, 4) is 11.5 Å². The van der Waals surface area contributed by atoms with Crippen molar-refractivity contribution in [3.63, 3.8) is 0 Å². The lowest BCUT2D eigenvalue weighted by Gasteiger charge is -2.14. The Labute approximate surface area is 134 Å². The van der Waals surface area contributed by atoms with Crippen LogP contribution in [-0.4, -0.2) is 13.2 Å². The van der Waals surface area contributed by atoms with E-state index in [1.165, 1.54) is 0 Å². The Morgan fingerprint density at radius 3 is 2.57 bits per heavy atom. The zero-order chi connectivity index (χ0) is 15.2. The average molecular weight is 350 g/mol. The zero-order valence-corrected chi connectivity index (χ0v) is 13.9. The number of ether oxygens (including phenoxy) is 2. The molecule has 3 nitrogen and oxygen atoms in total. The van der Waals surface area contributed by atoms with Crippen molar-refractivity contribution in [2.24, 2.45) is 5.73 Å². The summed E-state index contributed by atoms with van der Waals surface area (Å²) in [5, 5.41) is 0. The second-order valence-electron chi connectivity index (χ2n) is 5.03. The van der Waals surface area contributed by atoms with Gasteiger partial charge in [0, 0.05) is 16.1 Å². The molecule has 0 fully saturated rings. The summed E-state index contributed by atoms with van der Waals surface area (Å²) in [7, 11) is 1.66. The minimum atomic E-state index is 0.107. The van der Waals surface area contributed by atoms with Crippen molar-refractivity contribution in [2.45, 2.75) is 26.0 Å². The maximum atomic E-state index is 5.97. The summed E-state index contributed by atoms with van der Waals surface area (Å²) in [6.07, 6.45) is 0.797. The van der Waals surface area contributed by atoms with Crippen molar-refractivity contribution in [1.29, 1.82) is 0 Å². The van der Waals surface area contributed by atoms with Crippen molar-refractivity contribution < 1.29 is 9.47 Å². The van der Waals surface area contributed by atoms with Gasteiger partial charge in [-0.3, -0.25) is 0 Å². The smallest absolute Gasteiger partial charge is 0.125 e. The van der Waals surface area contributed by atoms with E-state index in [4.69, 9.17) is 15.2 Å². The Morgan fingerprint density at radius 1 is 1.10 bits per heavy atom. The van der Waals surface area contributed by atoms with Crippen LogP contribution in [-0.2, 0) is 13.0 Å². The van der Waals surface area contributed by atoms with E-state index in [-0.39, 0.29) is 6.04 Å². The number of halogens is 1. The third-order valence-electron chi connectivity index (χ3n) is 3.14. The van der Waals surface area contributed by atoms with Crippen LogP contribution in [0.15, 0.2) is 46.9 Å². The molecule has 2 aromatic carbocycles. The molecule has 0 aliphatic heterocycles. The predicted molar refractivity (Wildman–Crippen MR) is 88.8 cm³/mol. The quantitative estimate of drug-likeness (QED) is 0.859. The molecule has 0 saturated heterocycles. The summed E-state index contributed by atoms with van der Waals surface area (Å²) in [5.41, 5.74) is 8.01. The summed E-state index contributed by atoms with van der Waals surface area (Å²) >= 11 is 3.47. The van der Waals surface area contributed by atoms with Crippen LogP contribution in [0.25, 0.3) is 0 Å². The van der Waals surface area contributed by atoms with E-state index in [0.717, 1.165) is 33.5 Å². The summed E-state index contributed by atoms with van der Waals surface area (Å²) in [6.45, 7) is 2.45. The van der Waals surface area contributed by atoms with Crippen LogP contribution >= 0.6 is 15.9 Å². The van der Waals surface area contributed by atoms with Gasteiger partial charge in [-0.05, 0) is 43.2 Å². The number of benzene rings is 2. The fraction of sp³-hybridized carbons (Fsp3) is 0.294. The molecule has 4 heteroatoms. The fourth-order valence-corrected chi connectivity index (χ4v) is 2.58. The number of nitrogens with two attached hydrogens (primary N) is 1. The first-order chi connectivity index (χ1) is 10.1. The second-order valence-corrected chi connectivity index (χ2v) is 5.95. The van der Waals surface area contributed by atoms with E-state index in [1.807, 2.05) is 43.3 Å². The molecule has 0 saturated carbocycles. The third kappa shape index (κ3) is 4.48. The minimum Gasteiger partial charge on any atom is -0.496 e. The normalized spacial score (nSPS) is 12.0. The molecular formula is C17H20BrNO2. The molecule has 1 atom stereocenters. The molecule has 0 bridgehead atoms. The Kier molecular flexibility index (Phi) is 5.65. The molecule has 2 N–H and O–H groups in total. The predicted octanol–water partition coefficient (Wildman–Crippen LogP) is 3.93. The highest BCUT2D eigenvalue weighted by atomic mass is 79.9. The highest BCUT2D eigenvalue weighted by Crippen LogP contribution is 2.26. The summed E-state index contributed by atoms with van der Waals surface area (Å²) in [4.78, 5) is 0. The molecule has 0 amide bonds. The van der Waals surface area contributed by atoms with E-state index in [9.17, 15) is 0 Å². The van der Waals surface area contributed by atoms with Gasteiger partial charge in [0.2, 0.25) is 0 Å². The van der Waals surface area contributed by atoms with E-state index >= 15 is 0 Å². The van der Waals surface area contributed by atoms with Crippen LogP contribution < -0.4 is 15.2 Å². The van der Waals surface area contributed by atoms with Crippen molar-refractivity contribution in [2.75, 3.05) is 7.11 Å². The van der Waals surface area contributed by atoms with Crippen LogP contribution in [0.5, 0.6) is 11.5 Å². The van der Waals surface area contributed by atoms with E-state index in [1.54, 1.807) is 7.11 Å². The summed E-state index contributed by atoms with van der Waals surface area (Å²) in [6, 6.07) is 14.0. The van der Waals surface area contributed by atoms with E-state index < -0.39 is 0 Å². The van der Waals surface area contributed by atoms with Crippen LogP contribution in [0.3, 0.4) is 0 Å². The number of para-hydroxylation sites is 1. The van der Waals surface area contributed by atoms with Crippen LogP contribution in [0.2, 0.25) is 0 Å². The Balaban J connectivity index is 2.15. The molecular weight excluding hydrogens is 330 g/mol. The van der Waals surface area contributed by atoms with Crippen molar-refractivity contribution >= 4 is 15.9 Å². The number of hydrogen-bond acceptors (Lipinski definition) is 3. The third-order valence-corrected chi connectivity index (χ3v) is 3.63. The maximum absolute atomic E-state index is 5.97. The molecule has 2 rings (SSSR count). The van der Waals surface area contributed by atoms with Gasteiger partial charge >= 0.3 is 0 Å². The number of methoxy groups -OCH3 is 1. The largest absolute Gasteiger partial charge is 0.496 e. The van der Waals surface area contributed by atoms with Gasteiger partial charge in [0.15, 0.2) is 0 Å². The highest BCUT2D eigenvalue weighted by Gasteiger charge is 2.08. The van der Waals surface area contributed by atoms with E-state index in [0.29, 0.717) is 6.61 Å². The van der Waals surface area contributed by atoms with Gasteiger partial charge in [0.1, 0.15) is 18.1 Å². The minimum absolute atomic E-state index is 0.107. The molecule has 112 valence electrons. The van der Waals surface area contributed by atoms with Crippen LogP contribution in [0, 0.1) is 0 Å². The first-order valence-corrected chi connectivity index (χ1v) is 7.68. The van der Waals surface area contributed by atoms with Gasteiger partial charge in [-0.15, -0.1) is 0 Å². The van der Waals surface area contributed by atoms with Crippen LogP contribution in [0.1, 0.15) is 18.1 Å². The van der Waals surface area contributed by atoms with Gasteiger partial charge in [0.05, 0.1) is 7.11 Å². The molecule has 0 radical (unpaired) electrons. The molecule has 0 aliphatic carbocycles. The van der Waals surface area contributed by atoms with Gasteiger partial charge in [-0.25, -0.2) is 0 Å². The number of rotatable bonds is 6. The Morgan fingerprint density at radius 2 is 1.86 bits per heavy atom. The summed E-state index contributed by atoms with van der Waals surface area (Å²) < 4.78 is 12.3. The highest BCUT2D eigenvalue weighted by molar-refractivity contribution is 9.10. The van der Waals surface area contributed by atoms with Gasteiger partial charge in [0.25, 0.3) is 0 Å². The molecule has 2 aromatic rings. The SMILES string of the molecule is COc1ccc(Br)cc1COc1ccccc1CC(C)N. The zero-order valence-electron chi connectivity index (χ0n) is 12.3. The van der Waals surface area contributed by atoms with Crippen LogP contribution in [0.4, 0.5) is 0 Å².